The van der Waals surface area contributed by atoms with Crippen LogP contribution in [0.2, 0.25) is 0 Å². The summed E-state index contributed by atoms with van der Waals surface area (Å²) in [5.41, 5.74) is 4.00. The Morgan fingerprint density at radius 1 is 1.21 bits per heavy atom. The minimum Gasteiger partial charge on any atom is -0.490 e. The number of amides is 1. The number of nitrogens with zero attached hydrogens (tertiary/aromatic N) is 1. The molecule has 2 rings (SSSR count). The zero-order valence-corrected chi connectivity index (χ0v) is 15.2. The van der Waals surface area contributed by atoms with Gasteiger partial charge in [0, 0.05) is 10.7 Å². The van der Waals surface area contributed by atoms with E-state index in [0.29, 0.717) is 11.3 Å². The second-order valence-corrected chi connectivity index (χ2v) is 6.21. The lowest BCUT2D eigenvalue weighted by Crippen LogP contribution is -2.19. The largest absolute Gasteiger partial charge is 0.490 e. The van der Waals surface area contributed by atoms with Crippen molar-refractivity contribution in [2.24, 2.45) is 5.10 Å². The molecular weight excluding hydrogens is 368 g/mol. The van der Waals surface area contributed by atoms with Gasteiger partial charge in [-0.1, -0.05) is 52.3 Å². The van der Waals surface area contributed by atoms with Crippen LogP contribution in [-0.2, 0) is 0 Å². The maximum absolute atomic E-state index is 12.3. The molecule has 0 heterocycles. The number of hydrogen-bond acceptors (Lipinski definition) is 3. The average Bonchev–Trinajstić information content (AvgIpc) is 2.56. The minimum atomic E-state index is -0.323. The number of hydrazone groups is 1. The minimum absolute atomic E-state index is 0.0185. The van der Waals surface area contributed by atoms with E-state index in [9.17, 15) is 4.79 Å². The fraction of sp³-hybridized carbons (Fsp3) is 0.158. The van der Waals surface area contributed by atoms with E-state index in [-0.39, 0.29) is 12.0 Å². The molecule has 0 unspecified atom stereocenters. The van der Waals surface area contributed by atoms with Crippen molar-refractivity contribution in [2.45, 2.75) is 20.0 Å². The number of carbonyl (C=O) groups excluding carboxylic acids is 1. The van der Waals surface area contributed by atoms with Gasteiger partial charge in [-0.3, -0.25) is 4.79 Å². The van der Waals surface area contributed by atoms with Crippen LogP contribution < -0.4 is 10.2 Å². The van der Waals surface area contributed by atoms with Gasteiger partial charge < -0.3 is 4.74 Å². The van der Waals surface area contributed by atoms with E-state index < -0.39 is 0 Å². The van der Waals surface area contributed by atoms with Crippen LogP contribution in [-0.4, -0.2) is 18.2 Å². The molecule has 0 bridgehead atoms. The van der Waals surface area contributed by atoms with Crippen LogP contribution in [0, 0.1) is 0 Å². The summed E-state index contributed by atoms with van der Waals surface area (Å²) < 4.78 is 6.46. The van der Waals surface area contributed by atoms with Gasteiger partial charge in [0.15, 0.2) is 0 Å². The van der Waals surface area contributed by atoms with Gasteiger partial charge in [-0.25, -0.2) is 5.43 Å². The Balaban J connectivity index is 2.00. The summed E-state index contributed by atoms with van der Waals surface area (Å²) in [6.07, 6.45) is 5.19. The molecule has 0 spiro atoms. The second-order valence-electron chi connectivity index (χ2n) is 5.30. The first-order valence-corrected chi connectivity index (χ1v) is 8.37. The topological polar surface area (TPSA) is 50.7 Å². The molecule has 124 valence electrons. The summed E-state index contributed by atoms with van der Waals surface area (Å²) in [6.45, 7) is 3.83. The van der Waals surface area contributed by atoms with Gasteiger partial charge in [0.05, 0.1) is 11.7 Å². The molecule has 0 aromatic heterocycles. The lowest BCUT2D eigenvalue weighted by Gasteiger charge is -2.13. The summed E-state index contributed by atoms with van der Waals surface area (Å²) in [7, 11) is 0. The molecule has 2 aromatic rings. The fourth-order valence-electron chi connectivity index (χ4n) is 1.95. The standard InChI is InChI=1S/C19H19BrN2O2/c1-14(2)24-18-11-10-16(20)13-17(18)19(23)22-21-12-6-9-15-7-4-3-5-8-15/h3-14H,1-2H3,(H,22,23)/b9-6+,21-12+. The van der Waals surface area contributed by atoms with Crippen molar-refractivity contribution >= 4 is 34.1 Å². The SMILES string of the molecule is CC(C)Oc1ccc(Br)cc1C(=O)N/N=C/C=C/c1ccccc1. The van der Waals surface area contributed by atoms with Gasteiger partial charge in [0.1, 0.15) is 5.75 Å². The number of hydrogen-bond donors (Lipinski definition) is 1. The highest BCUT2D eigenvalue weighted by Gasteiger charge is 2.13. The van der Waals surface area contributed by atoms with Crippen LogP contribution in [0.4, 0.5) is 0 Å². The maximum atomic E-state index is 12.3. The third-order valence-corrected chi connectivity index (χ3v) is 3.46. The van der Waals surface area contributed by atoms with Crippen LogP contribution in [0.1, 0.15) is 29.8 Å². The van der Waals surface area contributed by atoms with Crippen molar-refractivity contribution < 1.29 is 9.53 Å². The van der Waals surface area contributed by atoms with Crippen molar-refractivity contribution in [2.75, 3.05) is 0 Å². The summed E-state index contributed by atoms with van der Waals surface area (Å²) in [6, 6.07) is 15.2. The molecule has 0 aliphatic heterocycles. The summed E-state index contributed by atoms with van der Waals surface area (Å²) in [5.74, 6) is 0.206. The lowest BCUT2D eigenvalue weighted by atomic mass is 10.2. The van der Waals surface area contributed by atoms with Crippen LogP contribution in [0.25, 0.3) is 6.08 Å². The number of allylic oxidation sites excluding steroid dienone is 1. The Kier molecular flexibility index (Phi) is 6.75. The van der Waals surface area contributed by atoms with Crippen molar-refractivity contribution in [3.63, 3.8) is 0 Å². The molecule has 0 fully saturated rings. The van der Waals surface area contributed by atoms with E-state index in [1.54, 1.807) is 18.2 Å². The molecule has 4 nitrogen and oxygen atoms in total. The molecule has 1 N–H and O–H groups in total. The number of nitrogens with one attached hydrogen (secondary N) is 1. The lowest BCUT2D eigenvalue weighted by molar-refractivity contribution is 0.0949. The van der Waals surface area contributed by atoms with E-state index >= 15 is 0 Å². The van der Waals surface area contributed by atoms with Crippen LogP contribution in [0.5, 0.6) is 5.75 Å². The second kappa shape index (κ2) is 9.03. The van der Waals surface area contributed by atoms with E-state index in [4.69, 9.17) is 4.74 Å². The van der Waals surface area contributed by atoms with Crippen molar-refractivity contribution in [1.82, 2.24) is 5.43 Å². The highest BCUT2D eigenvalue weighted by Crippen LogP contribution is 2.24. The molecule has 0 saturated carbocycles. The zero-order valence-electron chi connectivity index (χ0n) is 13.6. The Bertz CT molecular complexity index is 740. The first-order chi connectivity index (χ1) is 11.6. The molecule has 2 aromatic carbocycles. The van der Waals surface area contributed by atoms with Gasteiger partial charge in [-0.05, 0) is 43.7 Å². The maximum Gasteiger partial charge on any atom is 0.275 e. The van der Waals surface area contributed by atoms with E-state index in [0.717, 1.165) is 10.0 Å². The number of halogens is 1. The highest BCUT2D eigenvalue weighted by molar-refractivity contribution is 9.10. The number of ether oxygens (including phenoxy) is 1. The molecule has 24 heavy (non-hydrogen) atoms. The highest BCUT2D eigenvalue weighted by atomic mass is 79.9. The van der Waals surface area contributed by atoms with Crippen molar-refractivity contribution in [3.8, 4) is 5.75 Å². The van der Waals surface area contributed by atoms with Crippen molar-refractivity contribution in [1.29, 1.82) is 0 Å². The fourth-order valence-corrected chi connectivity index (χ4v) is 2.31. The monoisotopic (exact) mass is 386 g/mol. The van der Waals surface area contributed by atoms with Gasteiger partial charge in [-0.2, -0.15) is 5.10 Å². The summed E-state index contributed by atoms with van der Waals surface area (Å²) in [5, 5.41) is 3.93. The first-order valence-electron chi connectivity index (χ1n) is 7.57. The first kappa shape index (κ1) is 17.9. The van der Waals surface area contributed by atoms with Crippen LogP contribution >= 0.6 is 15.9 Å². The zero-order chi connectivity index (χ0) is 17.4. The third kappa shape index (κ3) is 5.66. The van der Waals surface area contributed by atoms with Gasteiger partial charge >= 0.3 is 0 Å². The Morgan fingerprint density at radius 3 is 2.67 bits per heavy atom. The van der Waals surface area contributed by atoms with E-state index in [1.807, 2.05) is 56.3 Å². The predicted octanol–water partition coefficient (Wildman–Crippen LogP) is 4.67. The molecule has 0 aliphatic carbocycles. The van der Waals surface area contributed by atoms with Gasteiger partial charge in [0.2, 0.25) is 0 Å². The van der Waals surface area contributed by atoms with Crippen LogP contribution in [0.15, 0.2) is 64.2 Å². The van der Waals surface area contributed by atoms with Gasteiger partial charge in [0.25, 0.3) is 5.91 Å². The Hall–Kier alpha value is -2.40. The quantitative estimate of drug-likeness (QED) is 0.579. The molecular formula is C19H19BrN2O2. The van der Waals surface area contributed by atoms with E-state index in [1.165, 1.54) is 6.21 Å². The Morgan fingerprint density at radius 2 is 1.96 bits per heavy atom. The third-order valence-electron chi connectivity index (χ3n) is 2.96. The van der Waals surface area contributed by atoms with Gasteiger partial charge in [-0.15, -0.1) is 0 Å². The Labute approximate surface area is 150 Å². The number of rotatable bonds is 6. The van der Waals surface area contributed by atoms with Crippen molar-refractivity contribution in [3.05, 3.63) is 70.2 Å². The number of carbonyl (C=O) groups is 1. The number of benzene rings is 2. The van der Waals surface area contributed by atoms with E-state index in [2.05, 4.69) is 26.5 Å². The molecule has 1 amide bonds. The van der Waals surface area contributed by atoms with Crippen LogP contribution in [0.3, 0.4) is 0 Å². The molecule has 0 radical (unpaired) electrons. The molecule has 0 aliphatic rings. The molecule has 0 atom stereocenters. The summed E-state index contributed by atoms with van der Waals surface area (Å²) in [4.78, 5) is 12.3. The summed E-state index contributed by atoms with van der Waals surface area (Å²) >= 11 is 3.36. The smallest absolute Gasteiger partial charge is 0.275 e. The predicted molar refractivity (Wildman–Crippen MR) is 101 cm³/mol. The molecule has 5 heteroatoms. The normalized spacial score (nSPS) is 11.3. The molecule has 0 saturated heterocycles. The average molecular weight is 387 g/mol.